The lowest BCUT2D eigenvalue weighted by molar-refractivity contribution is 0.418. The summed E-state index contributed by atoms with van der Waals surface area (Å²) in [7, 11) is 1.68. The fraction of sp³-hybridized carbons (Fsp3) is 0.133. The smallest absolute Gasteiger partial charge is 0.144 e. The van der Waals surface area contributed by atoms with Gasteiger partial charge in [0.2, 0.25) is 0 Å². The number of nitrogens with zero attached hydrogens (tertiary/aromatic N) is 2. The molecule has 3 aromatic rings. The Labute approximate surface area is 120 Å². The molecule has 0 fully saturated rings. The fourth-order valence-electron chi connectivity index (χ4n) is 2.18. The Morgan fingerprint density at radius 2 is 2.16 bits per heavy atom. The van der Waals surface area contributed by atoms with E-state index in [1.54, 1.807) is 7.11 Å². The van der Waals surface area contributed by atoms with Crippen LogP contribution in [0.4, 0.5) is 0 Å². The topological polar surface area (TPSA) is 26.5 Å². The summed E-state index contributed by atoms with van der Waals surface area (Å²) in [5.74, 6) is 1.85. The van der Waals surface area contributed by atoms with Crippen LogP contribution in [0.2, 0.25) is 0 Å². The maximum Gasteiger partial charge on any atom is 0.144 e. The molecule has 19 heavy (non-hydrogen) atoms. The first-order valence-electron chi connectivity index (χ1n) is 6.01. The molecule has 0 aliphatic rings. The first-order chi connectivity index (χ1) is 9.28. The average Bonchev–Trinajstić information content (AvgIpc) is 2.82. The van der Waals surface area contributed by atoms with Gasteiger partial charge in [-0.2, -0.15) is 0 Å². The molecule has 0 spiro atoms. The van der Waals surface area contributed by atoms with Gasteiger partial charge in [-0.05, 0) is 29.8 Å². The Hall–Kier alpha value is -1.81. The Morgan fingerprint density at radius 3 is 2.95 bits per heavy atom. The number of pyridine rings is 1. The SMILES string of the molecule is COc1cccn2c(Cc3cccc(Br)c3)ncc12. The van der Waals surface area contributed by atoms with E-state index in [2.05, 4.69) is 37.4 Å². The molecule has 2 aromatic heterocycles. The molecular formula is C15H13BrN2O. The van der Waals surface area contributed by atoms with Crippen LogP contribution in [0.15, 0.2) is 53.3 Å². The number of hydrogen-bond acceptors (Lipinski definition) is 2. The summed E-state index contributed by atoms with van der Waals surface area (Å²) in [6, 6.07) is 12.2. The molecule has 4 heteroatoms. The Kier molecular flexibility index (Phi) is 3.25. The second-order valence-corrected chi connectivity index (χ2v) is 5.23. The number of hydrogen-bond donors (Lipinski definition) is 0. The van der Waals surface area contributed by atoms with Crippen molar-refractivity contribution in [3.05, 3.63) is 64.7 Å². The van der Waals surface area contributed by atoms with Crippen LogP contribution in [-0.2, 0) is 6.42 Å². The van der Waals surface area contributed by atoms with E-state index in [1.165, 1.54) is 5.56 Å². The fourth-order valence-corrected chi connectivity index (χ4v) is 2.63. The highest BCUT2D eigenvalue weighted by Gasteiger charge is 2.08. The van der Waals surface area contributed by atoms with E-state index < -0.39 is 0 Å². The van der Waals surface area contributed by atoms with Crippen LogP contribution in [0.25, 0.3) is 5.52 Å². The predicted molar refractivity (Wildman–Crippen MR) is 78.7 cm³/mol. The average molecular weight is 317 g/mol. The van der Waals surface area contributed by atoms with Gasteiger partial charge in [0.15, 0.2) is 0 Å². The van der Waals surface area contributed by atoms with Gasteiger partial charge >= 0.3 is 0 Å². The van der Waals surface area contributed by atoms with Crippen LogP contribution in [0.3, 0.4) is 0 Å². The zero-order valence-electron chi connectivity index (χ0n) is 10.5. The minimum Gasteiger partial charge on any atom is -0.494 e. The third-order valence-electron chi connectivity index (χ3n) is 3.08. The van der Waals surface area contributed by atoms with Crippen molar-refractivity contribution in [3.63, 3.8) is 0 Å². The first-order valence-corrected chi connectivity index (χ1v) is 6.80. The number of aromatic nitrogens is 2. The van der Waals surface area contributed by atoms with Gasteiger partial charge in [0.1, 0.15) is 17.1 Å². The molecule has 0 amide bonds. The quantitative estimate of drug-likeness (QED) is 0.736. The molecule has 1 aromatic carbocycles. The van der Waals surface area contributed by atoms with Crippen LogP contribution in [0.1, 0.15) is 11.4 Å². The molecule has 2 heterocycles. The van der Waals surface area contributed by atoms with Gasteiger partial charge in [-0.1, -0.05) is 28.1 Å². The summed E-state index contributed by atoms with van der Waals surface area (Å²) in [5, 5.41) is 0. The molecule has 0 saturated heterocycles. The van der Waals surface area contributed by atoms with Crippen molar-refractivity contribution >= 4 is 21.4 Å². The van der Waals surface area contributed by atoms with Crippen molar-refractivity contribution in [2.24, 2.45) is 0 Å². The molecule has 0 aliphatic heterocycles. The Bertz CT molecular complexity index is 721. The summed E-state index contributed by atoms with van der Waals surface area (Å²) in [4.78, 5) is 4.50. The van der Waals surface area contributed by atoms with E-state index in [4.69, 9.17) is 4.74 Å². The number of imidazole rings is 1. The number of benzene rings is 1. The van der Waals surface area contributed by atoms with E-state index in [-0.39, 0.29) is 0 Å². The second kappa shape index (κ2) is 5.05. The van der Waals surface area contributed by atoms with E-state index in [0.29, 0.717) is 0 Å². The molecule has 0 radical (unpaired) electrons. The van der Waals surface area contributed by atoms with Crippen molar-refractivity contribution in [1.29, 1.82) is 0 Å². The lowest BCUT2D eigenvalue weighted by Crippen LogP contribution is -1.97. The van der Waals surface area contributed by atoms with E-state index in [0.717, 1.165) is 28.0 Å². The largest absolute Gasteiger partial charge is 0.494 e. The van der Waals surface area contributed by atoms with Crippen molar-refractivity contribution in [3.8, 4) is 5.75 Å². The number of methoxy groups -OCH3 is 1. The molecule has 96 valence electrons. The van der Waals surface area contributed by atoms with Gasteiger partial charge in [0.05, 0.1) is 13.3 Å². The number of halogens is 1. The molecule has 0 bridgehead atoms. The number of fused-ring (bicyclic) bond motifs is 1. The zero-order valence-corrected chi connectivity index (χ0v) is 12.1. The van der Waals surface area contributed by atoms with Crippen molar-refractivity contribution in [1.82, 2.24) is 9.38 Å². The molecule has 0 N–H and O–H groups in total. The normalized spacial score (nSPS) is 10.8. The van der Waals surface area contributed by atoms with Crippen LogP contribution in [0.5, 0.6) is 5.75 Å². The number of rotatable bonds is 3. The van der Waals surface area contributed by atoms with Crippen molar-refractivity contribution in [2.45, 2.75) is 6.42 Å². The third-order valence-corrected chi connectivity index (χ3v) is 3.57. The summed E-state index contributed by atoms with van der Waals surface area (Å²) in [6.45, 7) is 0. The monoisotopic (exact) mass is 316 g/mol. The molecule has 0 unspecified atom stereocenters. The molecule has 0 atom stereocenters. The molecule has 0 aliphatic carbocycles. The lowest BCUT2D eigenvalue weighted by atomic mass is 10.1. The van der Waals surface area contributed by atoms with Crippen LogP contribution >= 0.6 is 15.9 Å². The molecule has 0 saturated carbocycles. The van der Waals surface area contributed by atoms with Crippen LogP contribution in [0, 0.1) is 0 Å². The molecule has 3 rings (SSSR count). The van der Waals surface area contributed by atoms with Crippen LogP contribution in [-0.4, -0.2) is 16.5 Å². The van der Waals surface area contributed by atoms with Gasteiger partial charge in [-0.3, -0.25) is 0 Å². The zero-order chi connectivity index (χ0) is 13.2. The predicted octanol–water partition coefficient (Wildman–Crippen LogP) is 3.70. The highest BCUT2D eigenvalue weighted by Crippen LogP contribution is 2.21. The van der Waals surface area contributed by atoms with E-state index in [1.807, 2.05) is 36.7 Å². The van der Waals surface area contributed by atoms with E-state index >= 15 is 0 Å². The minimum atomic E-state index is 0.792. The van der Waals surface area contributed by atoms with Crippen LogP contribution < -0.4 is 4.74 Å². The first kappa shape index (κ1) is 12.2. The summed E-state index contributed by atoms with van der Waals surface area (Å²) >= 11 is 3.49. The summed E-state index contributed by atoms with van der Waals surface area (Å²) in [6.07, 6.45) is 4.66. The highest BCUT2D eigenvalue weighted by atomic mass is 79.9. The van der Waals surface area contributed by atoms with Gasteiger partial charge in [0.25, 0.3) is 0 Å². The van der Waals surface area contributed by atoms with Gasteiger partial charge in [0, 0.05) is 17.1 Å². The van der Waals surface area contributed by atoms with Gasteiger partial charge < -0.3 is 9.14 Å². The minimum absolute atomic E-state index is 0.792. The maximum atomic E-state index is 5.34. The molecule has 3 nitrogen and oxygen atoms in total. The van der Waals surface area contributed by atoms with E-state index in [9.17, 15) is 0 Å². The van der Waals surface area contributed by atoms with Crippen molar-refractivity contribution in [2.75, 3.05) is 7.11 Å². The van der Waals surface area contributed by atoms with Crippen molar-refractivity contribution < 1.29 is 4.74 Å². The van der Waals surface area contributed by atoms with Gasteiger partial charge in [-0.15, -0.1) is 0 Å². The second-order valence-electron chi connectivity index (χ2n) is 4.31. The molecular weight excluding hydrogens is 304 g/mol. The Morgan fingerprint density at radius 1 is 1.26 bits per heavy atom. The third kappa shape index (κ3) is 2.36. The highest BCUT2D eigenvalue weighted by molar-refractivity contribution is 9.10. The summed E-state index contributed by atoms with van der Waals surface area (Å²) in [5.41, 5.74) is 2.22. The lowest BCUT2D eigenvalue weighted by Gasteiger charge is -2.05. The standard InChI is InChI=1S/C15H13BrN2O/c1-19-14-6-3-7-18-13(14)10-17-15(18)9-11-4-2-5-12(16)8-11/h2-8,10H,9H2,1H3. The summed E-state index contributed by atoms with van der Waals surface area (Å²) < 4.78 is 8.50. The number of ether oxygens (including phenoxy) is 1. The maximum absolute atomic E-state index is 5.34. The Balaban J connectivity index is 2.02. The van der Waals surface area contributed by atoms with Gasteiger partial charge in [-0.25, -0.2) is 4.98 Å².